The molecule has 18 heavy (non-hydrogen) atoms. The fourth-order valence-electron chi connectivity index (χ4n) is 2.10. The molecule has 0 aliphatic heterocycles. The Hall–Kier alpha value is -1.84. The van der Waals surface area contributed by atoms with Crippen molar-refractivity contribution >= 4 is 11.9 Å². The van der Waals surface area contributed by atoms with Gasteiger partial charge in [0, 0.05) is 0 Å². The van der Waals surface area contributed by atoms with Gasteiger partial charge in [-0.05, 0) is 36.1 Å². The van der Waals surface area contributed by atoms with Crippen molar-refractivity contribution in [2.45, 2.75) is 26.7 Å². The topological polar surface area (TPSA) is 52.6 Å². The van der Waals surface area contributed by atoms with Crippen LogP contribution >= 0.6 is 0 Å². The van der Waals surface area contributed by atoms with Crippen LogP contribution in [0.1, 0.15) is 45.7 Å². The fraction of sp³-hybridized carbons (Fsp3) is 0.429. The highest BCUT2D eigenvalue weighted by Gasteiger charge is 2.19. The van der Waals surface area contributed by atoms with E-state index < -0.39 is 0 Å². The Labute approximate surface area is 107 Å². The number of carbonyl (C=O) groups is 2. The summed E-state index contributed by atoms with van der Waals surface area (Å²) >= 11 is 0. The zero-order valence-corrected chi connectivity index (χ0v) is 11.2. The average Bonchev–Trinajstić information content (AvgIpc) is 2.43. The molecule has 1 rings (SSSR count). The third-order valence-corrected chi connectivity index (χ3v) is 2.95. The number of rotatable bonds is 4. The SMILES string of the molecule is CCc1c(C(=O)OC)ccc(C(=O)OC)c1CC. The Morgan fingerprint density at radius 3 is 1.44 bits per heavy atom. The van der Waals surface area contributed by atoms with Crippen molar-refractivity contribution in [2.24, 2.45) is 0 Å². The zero-order valence-electron chi connectivity index (χ0n) is 11.2. The summed E-state index contributed by atoms with van der Waals surface area (Å²) in [5.41, 5.74) is 2.74. The molecule has 0 N–H and O–H groups in total. The van der Waals surface area contributed by atoms with E-state index in [4.69, 9.17) is 9.47 Å². The molecule has 0 saturated heterocycles. The standard InChI is InChI=1S/C14H18O4/c1-5-9-10(6-2)12(14(16)18-4)8-7-11(9)13(15)17-3/h7-8H,5-6H2,1-4H3. The molecule has 0 atom stereocenters. The van der Waals surface area contributed by atoms with Crippen LogP contribution in [0, 0.1) is 0 Å². The van der Waals surface area contributed by atoms with Crippen LogP contribution in [0.5, 0.6) is 0 Å². The van der Waals surface area contributed by atoms with Crippen LogP contribution in [-0.4, -0.2) is 26.2 Å². The summed E-state index contributed by atoms with van der Waals surface area (Å²) in [6, 6.07) is 3.24. The van der Waals surface area contributed by atoms with Crippen molar-refractivity contribution in [3.05, 3.63) is 34.4 Å². The number of benzene rings is 1. The summed E-state index contributed by atoms with van der Waals surface area (Å²) in [4.78, 5) is 23.3. The van der Waals surface area contributed by atoms with Crippen molar-refractivity contribution in [1.29, 1.82) is 0 Å². The maximum atomic E-state index is 11.7. The molecule has 0 radical (unpaired) electrons. The molecule has 0 aromatic heterocycles. The van der Waals surface area contributed by atoms with Gasteiger partial charge in [0.1, 0.15) is 0 Å². The molecule has 0 aliphatic carbocycles. The van der Waals surface area contributed by atoms with Crippen LogP contribution in [-0.2, 0) is 22.3 Å². The van der Waals surface area contributed by atoms with Gasteiger partial charge in [-0.15, -0.1) is 0 Å². The molecular formula is C14H18O4. The van der Waals surface area contributed by atoms with Gasteiger partial charge in [-0.2, -0.15) is 0 Å². The smallest absolute Gasteiger partial charge is 0.338 e. The van der Waals surface area contributed by atoms with Crippen molar-refractivity contribution in [3.8, 4) is 0 Å². The van der Waals surface area contributed by atoms with Crippen LogP contribution in [0.2, 0.25) is 0 Å². The first-order valence-corrected chi connectivity index (χ1v) is 5.91. The molecular weight excluding hydrogens is 232 g/mol. The van der Waals surface area contributed by atoms with Crippen molar-refractivity contribution in [3.63, 3.8) is 0 Å². The maximum absolute atomic E-state index is 11.7. The molecule has 1 aromatic rings. The number of esters is 2. The number of carbonyl (C=O) groups excluding carboxylic acids is 2. The van der Waals surface area contributed by atoms with E-state index in [9.17, 15) is 9.59 Å². The first-order chi connectivity index (χ1) is 8.60. The van der Waals surface area contributed by atoms with Gasteiger partial charge in [0.2, 0.25) is 0 Å². The third-order valence-electron chi connectivity index (χ3n) is 2.95. The van der Waals surface area contributed by atoms with Gasteiger partial charge in [-0.25, -0.2) is 9.59 Å². The van der Waals surface area contributed by atoms with Gasteiger partial charge in [0.25, 0.3) is 0 Å². The highest BCUT2D eigenvalue weighted by molar-refractivity contribution is 5.96. The summed E-state index contributed by atoms with van der Waals surface area (Å²) in [7, 11) is 2.70. The Bertz CT molecular complexity index is 420. The van der Waals surface area contributed by atoms with E-state index in [1.165, 1.54) is 14.2 Å². The van der Waals surface area contributed by atoms with Crippen LogP contribution in [0.15, 0.2) is 12.1 Å². The van der Waals surface area contributed by atoms with Crippen LogP contribution < -0.4 is 0 Å². The molecule has 0 fully saturated rings. The number of ether oxygens (including phenoxy) is 2. The largest absolute Gasteiger partial charge is 0.465 e. The number of hydrogen-bond acceptors (Lipinski definition) is 4. The minimum Gasteiger partial charge on any atom is -0.465 e. The molecule has 0 aliphatic rings. The van der Waals surface area contributed by atoms with Crippen LogP contribution in [0.4, 0.5) is 0 Å². The molecule has 0 heterocycles. The van der Waals surface area contributed by atoms with Gasteiger partial charge in [0.05, 0.1) is 25.3 Å². The van der Waals surface area contributed by atoms with Crippen molar-refractivity contribution < 1.29 is 19.1 Å². The highest BCUT2D eigenvalue weighted by Crippen LogP contribution is 2.22. The van der Waals surface area contributed by atoms with E-state index in [1.807, 2.05) is 13.8 Å². The Balaban J connectivity index is 3.45. The second-order valence-corrected chi connectivity index (χ2v) is 3.81. The minimum atomic E-state index is -0.377. The predicted molar refractivity (Wildman–Crippen MR) is 67.9 cm³/mol. The van der Waals surface area contributed by atoms with E-state index >= 15 is 0 Å². The molecule has 0 bridgehead atoms. The molecule has 4 heteroatoms. The lowest BCUT2D eigenvalue weighted by atomic mass is 9.92. The summed E-state index contributed by atoms with van der Waals surface area (Å²) in [5, 5.41) is 0. The van der Waals surface area contributed by atoms with Crippen LogP contribution in [0.25, 0.3) is 0 Å². The Morgan fingerprint density at radius 1 is 0.889 bits per heavy atom. The van der Waals surface area contributed by atoms with E-state index in [0.717, 1.165) is 11.1 Å². The van der Waals surface area contributed by atoms with E-state index in [-0.39, 0.29) is 11.9 Å². The lowest BCUT2D eigenvalue weighted by molar-refractivity contribution is 0.0584. The summed E-state index contributed by atoms with van der Waals surface area (Å²) < 4.78 is 9.50. The summed E-state index contributed by atoms with van der Waals surface area (Å²) in [6.45, 7) is 3.89. The molecule has 0 unspecified atom stereocenters. The van der Waals surface area contributed by atoms with Crippen molar-refractivity contribution in [1.82, 2.24) is 0 Å². The maximum Gasteiger partial charge on any atom is 0.338 e. The van der Waals surface area contributed by atoms with Gasteiger partial charge in [-0.1, -0.05) is 13.8 Å². The monoisotopic (exact) mass is 250 g/mol. The van der Waals surface area contributed by atoms with Gasteiger partial charge < -0.3 is 9.47 Å². The quantitative estimate of drug-likeness (QED) is 0.770. The predicted octanol–water partition coefficient (Wildman–Crippen LogP) is 2.38. The normalized spacial score (nSPS) is 10.0. The number of hydrogen-bond donors (Lipinski definition) is 0. The first-order valence-electron chi connectivity index (χ1n) is 5.91. The molecule has 0 amide bonds. The molecule has 0 saturated carbocycles. The number of methoxy groups -OCH3 is 2. The Morgan fingerprint density at radius 2 is 1.22 bits per heavy atom. The van der Waals surface area contributed by atoms with E-state index in [2.05, 4.69) is 0 Å². The second-order valence-electron chi connectivity index (χ2n) is 3.81. The van der Waals surface area contributed by atoms with Gasteiger partial charge in [0.15, 0.2) is 0 Å². The fourth-order valence-corrected chi connectivity index (χ4v) is 2.10. The van der Waals surface area contributed by atoms with E-state index in [1.54, 1.807) is 12.1 Å². The summed E-state index contributed by atoms with van der Waals surface area (Å²) in [6.07, 6.45) is 1.33. The lowest BCUT2D eigenvalue weighted by Crippen LogP contribution is -2.13. The van der Waals surface area contributed by atoms with Gasteiger partial charge in [-0.3, -0.25) is 0 Å². The zero-order chi connectivity index (χ0) is 13.7. The highest BCUT2D eigenvalue weighted by atomic mass is 16.5. The van der Waals surface area contributed by atoms with Crippen molar-refractivity contribution in [2.75, 3.05) is 14.2 Å². The van der Waals surface area contributed by atoms with Crippen LogP contribution in [0.3, 0.4) is 0 Å². The summed E-state index contributed by atoms with van der Waals surface area (Å²) in [5.74, 6) is -0.754. The minimum absolute atomic E-state index is 0.377. The molecule has 1 aromatic carbocycles. The van der Waals surface area contributed by atoms with E-state index in [0.29, 0.717) is 24.0 Å². The average molecular weight is 250 g/mol. The molecule has 4 nitrogen and oxygen atoms in total. The van der Waals surface area contributed by atoms with Gasteiger partial charge >= 0.3 is 11.9 Å². The molecule has 98 valence electrons. The molecule has 0 spiro atoms. The third kappa shape index (κ3) is 2.53. The lowest BCUT2D eigenvalue weighted by Gasteiger charge is -2.14. The first kappa shape index (κ1) is 14.2. The Kier molecular flexibility index (Phi) is 4.89. The second kappa shape index (κ2) is 6.19.